The molecule has 0 radical (unpaired) electrons. The number of carbonyl (C=O) groups is 1. The van der Waals surface area contributed by atoms with E-state index in [0.29, 0.717) is 11.3 Å². The molecule has 0 saturated heterocycles. The maximum absolute atomic E-state index is 12.5. The highest BCUT2D eigenvalue weighted by molar-refractivity contribution is 6.35. The van der Waals surface area contributed by atoms with Gasteiger partial charge in [-0.2, -0.15) is 0 Å². The predicted octanol–water partition coefficient (Wildman–Crippen LogP) is 4.19. The molecule has 0 aliphatic carbocycles. The molecule has 2 N–H and O–H groups in total. The smallest absolute Gasteiger partial charge is 0.256 e. The second kappa shape index (κ2) is 6.19. The number of H-pyrrole nitrogens is 1. The summed E-state index contributed by atoms with van der Waals surface area (Å²) in [6, 6.07) is 11.7. The summed E-state index contributed by atoms with van der Waals surface area (Å²) >= 11 is 0. The average molecular weight is 345 g/mol. The van der Waals surface area contributed by atoms with Crippen molar-refractivity contribution in [2.24, 2.45) is 0 Å². The van der Waals surface area contributed by atoms with Crippen LogP contribution in [0.15, 0.2) is 42.6 Å². The van der Waals surface area contributed by atoms with Crippen molar-refractivity contribution in [3.8, 4) is 17.0 Å². The standard InChI is InChI=1S/C21H19N3O2/c1-12-8-13(2)23-20(12)10-17-16-9-14(4-6-19(16)24-21(17)25)18-7-5-15(26-3)11-22-18/h4-11,23H,1-3H3,(H,24,25)/b17-10-. The van der Waals surface area contributed by atoms with Gasteiger partial charge < -0.3 is 15.0 Å². The van der Waals surface area contributed by atoms with Crippen LogP contribution in [0.2, 0.25) is 0 Å². The Morgan fingerprint density at radius 1 is 1.12 bits per heavy atom. The summed E-state index contributed by atoms with van der Waals surface area (Å²) in [6.07, 6.45) is 3.60. The van der Waals surface area contributed by atoms with Gasteiger partial charge in [0.2, 0.25) is 0 Å². The molecule has 26 heavy (non-hydrogen) atoms. The lowest BCUT2D eigenvalue weighted by Crippen LogP contribution is -2.03. The van der Waals surface area contributed by atoms with Crippen molar-refractivity contribution in [1.29, 1.82) is 0 Å². The number of aromatic nitrogens is 2. The number of ether oxygens (including phenoxy) is 1. The van der Waals surface area contributed by atoms with E-state index in [1.807, 2.05) is 50.3 Å². The van der Waals surface area contributed by atoms with E-state index in [-0.39, 0.29) is 5.91 Å². The summed E-state index contributed by atoms with van der Waals surface area (Å²) in [7, 11) is 1.62. The van der Waals surface area contributed by atoms with Gasteiger partial charge in [-0.1, -0.05) is 6.07 Å². The Kier molecular flexibility index (Phi) is 3.84. The largest absolute Gasteiger partial charge is 0.495 e. The van der Waals surface area contributed by atoms with Crippen molar-refractivity contribution in [3.63, 3.8) is 0 Å². The Morgan fingerprint density at radius 2 is 1.96 bits per heavy atom. The molecule has 1 amide bonds. The maximum Gasteiger partial charge on any atom is 0.256 e. The number of pyridine rings is 1. The minimum Gasteiger partial charge on any atom is -0.495 e. The number of nitrogens with zero attached hydrogens (tertiary/aromatic N) is 1. The van der Waals surface area contributed by atoms with Crippen LogP contribution in [0.3, 0.4) is 0 Å². The first-order valence-corrected chi connectivity index (χ1v) is 8.39. The lowest BCUT2D eigenvalue weighted by molar-refractivity contribution is -0.110. The molecule has 5 nitrogen and oxygen atoms in total. The minimum absolute atomic E-state index is 0.0912. The maximum atomic E-state index is 12.5. The Morgan fingerprint density at radius 3 is 2.62 bits per heavy atom. The number of benzene rings is 1. The average Bonchev–Trinajstić information content (AvgIpc) is 3.13. The Labute approximate surface area is 151 Å². The highest BCUT2D eigenvalue weighted by Crippen LogP contribution is 2.36. The molecule has 0 bridgehead atoms. The molecule has 4 rings (SSSR count). The monoisotopic (exact) mass is 345 g/mol. The molecule has 130 valence electrons. The molecule has 1 aliphatic heterocycles. The lowest BCUT2D eigenvalue weighted by atomic mass is 10.0. The van der Waals surface area contributed by atoms with Gasteiger partial charge in [0.25, 0.3) is 5.91 Å². The van der Waals surface area contributed by atoms with Gasteiger partial charge >= 0.3 is 0 Å². The van der Waals surface area contributed by atoms with Crippen LogP contribution in [-0.2, 0) is 4.79 Å². The summed E-state index contributed by atoms with van der Waals surface area (Å²) < 4.78 is 5.16. The van der Waals surface area contributed by atoms with Crippen LogP contribution in [0, 0.1) is 13.8 Å². The zero-order chi connectivity index (χ0) is 18.3. The quantitative estimate of drug-likeness (QED) is 0.699. The third kappa shape index (κ3) is 2.77. The topological polar surface area (TPSA) is 67.0 Å². The van der Waals surface area contributed by atoms with E-state index in [1.165, 1.54) is 0 Å². The van der Waals surface area contributed by atoms with Crippen LogP contribution in [0.4, 0.5) is 5.69 Å². The van der Waals surface area contributed by atoms with Crippen LogP contribution in [0.25, 0.3) is 22.9 Å². The molecule has 0 unspecified atom stereocenters. The van der Waals surface area contributed by atoms with E-state index < -0.39 is 0 Å². The van der Waals surface area contributed by atoms with Crippen LogP contribution < -0.4 is 10.1 Å². The van der Waals surface area contributed by atoms with Gasteiger partial charge in [-0.3, -0.25) is 9.78 Å². The molecule has 3 heterocycles. The summed E-state index contributed by atoms with van der Waals surface area (Å²) in [5.41, 5.74) is 7.28. The number of methoxy groups -OCH3 is 1. The van der Waals surface area contributed by atoms with Crippen molar-refractivity contribution in [2.45, 2.75) is 13.8 Å². The second-order valence-electron chi connectivity index (χ2n) is 6.40. The Hall–Kier alpha value is -3.34. The van der Waals surface area contributed by atoms with Crippen LogP contribution in [0.1, 0.15) is 22.5 Å². The number of aromatic amines is 1. The van der Waals surface area contributed by atoms with E-state index >= 15 is 0 Å². The SMILES string of the molecule is COc1ccc(-c2ccc3c(c2)/C(=C/c2[nH]c(C)cc2C)C(=O)N3)nc1. The Balaban J connectivity index is 1.77. The molecule has 0 saturated carbocycles. The third-order valence-electron chi connectivity index (χ3n) is 4.55. The second-order valence-corrected chi connectivity index (χ2v) is 6.40. The first-order valence-electron chi connectivity index (χ1n) is 8.39. The van der Waals surface area contributed by atoms with E-state index in [0.717, 1.165) is 39.5 Å². The molecular formula is C21H19N3O2. The fourth-order valence-electron chi connectivity index (χ4n) is 3.21. The molecule has 1 aliphatic rings. The summed E-state index contributed by atoms with van der Waals surface area (Å²) in [5, 5.41) is 2.93. The van der Waals surface area contributed by atoms with Gasteiger partial charge in [0.05, 0.1) is 24.6 Å². The number of carbonyl (C=O) groups excluding carboxylic acids is 1. The van der Waals surface area contributed by atoms with Gasteiger partial charge in [0.1, 0.15) is 5.75 Å². The first-order chi connectivity index (χ1) is 12.5. The zero-order valence-corrected chi connectivity index (χ0v) is 14.9. The summed E-state index contributed by atoms with van der Waals surface area (Å²) in [6.45, 7) is 4.03. The van der Waals surface area contributed by atoms with Gasteiger partial charge in [0, 0.05) is 28.2 Å². The number of fused-ring (bicyclic) bond motifs is 1. The van der Waals surface area contributed by atoms with Crippen molar-refractivity contribution < 1.29 is 9.53 Å². The third-order valence-corrected chi connectivity index (χ3v) is 4.55. The highest BCUT2D eigenvalue weighted by Gasteiger charge is 2.25. The molecular weight excluding hydrogens is 326 g/mol. The molecule has 0 atom stereocenters. The van der Waals surface area contributed by atoms with Crippen molar-refractivity contribution >= 4 is 23.2 Å². The number of amides is 1. The van der Waals surface area contributed by atoms with Gasteiger partial charge in [-0.05, 0) is 55.8 Å². The normalized spacial score (nSPS) is 14.4. The summed E-state index contributed by atoms with van der Waals surface area (Å²) in [5.74, 6) is 0.622. The molecule has 0 spiro atoms. The van der Waals surface area contributed by atoms with Crippen molar-refractivity contribution in [2.75, 3.05) is 12.4 Å². The van der Waals surface area contributed by atoms with Crippen molar-refractivity contribution in [1.82, 2.24) is 9.97 Å². The van der Waals surface area contributed by atoms with Gasteiger partial charge in [-0.15, -0.1) is 0 Å². The van der Waals surface area contributed by atoms with Crippen LogP contribution >= 0.6 is 0 Å². The van der Waals surface area contributed by atoms with E-state index in [1.54, 1.807) is 13.3 Å². The van der Waals surface area contributed by atoms with Crippen LogP contribution in [-0.4, -0.2) is 23.0 Å². The molecule has 3 aromatic rings. The number of aryl methyl sites for hydroxylation is 2. The van der Waals surface area contributed by atoms with Crippen molar-refractivity contribution in [3.05, 3.63) is 65.1 Å². The number of hydrogen-bond acceptors (Lipinski definition) is 3. The van der Waals surface area contributed by atoms with Gasteiger partial charge in [-0.25, -0.2) is 0 Å². The fraction of sp³-hybridized carbons (Fsp3) is 0.143. The summed E-state index contributed by atoms with van der Waals surface area (Å²) in [4.78, 5) is 20.2. The molecule has 1 aromatic carbocycles. The number of rotatable bonds is 3. The van der Waals surface area contributed by atoms with E-state index in [4.69, 9.17) is 4.74 Å². The fourth-order valence-corrected chi connectivity index (χ4v) is 3.21. The zero-order valence-electron chi connectivity index (χ0n) is 14.9. The molecule has 5 heteroatoms. The number of hydrogen-bond donors (Lipinski definition) is 2. The highest BCUT2D eigenvalue weighted by atomic mass is 16.5. The van der Waals surface area contributed by atoms with Gasteiger partial charge in [0.15, 0.2) is 0 Å². The molecule has 2 aromatic heterocycles. The lowest BCUT2D eigenvalue weighted by Gasteiger charge is -2.05. The first kappa shape index (κ1) is 16.1. The van der Waals surface area contributed by atoms with E-state index in [9.17, 15) is 4.79 Å². The van der Waals surface area contributed by atoms with E-state index in [2.05, 4.69) is 21.4 Å². The number of anilines is 1. The predicted molar refractivity (Wildman–Crippen MR) is 103 cm³/mol. The minimum atomic E-state index is -0.0912. The van der Waals surface area contributed by atoms with Crippen LogP contribution in [0.5, 0.6) is 5.75 Å². The number of nitrogens with one attached hydrogen (secondary N) is 2. The Bertz CT molecular complexity index is 1030. The molecule has 0 fully saturated rings.